The Morgan fingerprint density at radius 2 is 1.57 bits per heavy atom. The molecule has 1 saturated carbocycles. The van der Waals surface area contributed by atoms with Crippen molar-refractivity contribution in [3.63, 3.8) is 0 Å². The second kappa shape index (κ2) is 5.40. The molecule has 1 aromatic carbocycles. The lowest BCUT2D eigenvalue weighted by Crippen LogP contribution is -2.51. The van der Waals surface area contributed by atoms with Gasteiger partial charge in [0.15, 0.2) is 0 Å². The van der Waals surface area contributed by atoms with Crippen LogP contribution in [0.25, 0.3) is 0 Å². The van der Waals surface area contributed by atoms with Crippen LogP contribution in [0.3, 0.4) is 0 Å². The zero-order valence-electron chi connectivity index (χ0n) is 12.1. The fourth-order valence-corrected chi connectivity index (χ4v) is 4.43. The van der Waals surface area contributed by atoms with E-state index in [4.69, 9.17) is 0 Å². The van der Waals surface area contributed by atoms with Crippen LogP contribution in [0.5, 0.6) is 0 Å². The number of amides is 1. The lowest BCUT2D eigenvalue weighted by molar-refractivity contribution is 0.0827. The molecule has 112 valence electrons. The van der Waals surface area contributed by atoms with Crippen molar-refractivity contribution in [1.29, 1.82) is 0 Å². The Labute approximate surface area is 134 Å². The molecule has 0 radical (unpaired) electrons. The number of carbonyl (C=O) groups is 1. The van der Waals surface area contributed by atoms with Crippen molar-refractivity contribution in [3.05, 3.63) is 34.3 Å². The molecule has 1 aliphatic carbocycles. The van der Waals surface area contributed by atoms with E-state index in [1.165, 1.54) is 25.7 Å². The summed E-state index contributed by atoms with van der Waals surface area (Å²) in [6.07, 6.45) is 7.70. The maximum absolute atomic E-state index is 12.3. The second-order valence-corrected chi connectivity index (χ2v) is 7.63. The summed E-state index contributed by atoms with van der Waals surface area (Å²) in [6.45, 7) is 0. The predicted octanol–water partition coefficient (Wildman–Crippen LogP) is 3.34. The van der Waals surface area contributed by atoms with Crippen LogP contribution in [0, 0.1) is 0 Å². The van der Waals surface area contributed by atoms with Gasteiger partial charge in [0.2, 0.25) is 0 Å². The molecule has 1 amide bonds. The number of hydrogen-bond donors (Lipinski definition) is 1. The zero-order chi connectivity index (χ0) is 14.4. The summed E-state index contributed by atoms with van der Waals surface area (Å²) in [6, 6.07) is 10.3. The van der Waals surface area contributed by atoms with Crippen molar-refractivity contribution in [2.24, 2.45) is 0 Å². The summed E-state index contributed by atoms with van der Waals surface area (Å²) in [5.41, 5.74) is 0.759. The minimum Gasteiger partial charge on any atom is -0.349 e. The highest BCUT2D eigenvalue weighted by molar-refractivity contribution is 9.10. The topological polar surface area (TPSA) is 32.3 Å². The summed E-state index contributed by atoms with van der Waals surface area (Å²) in [5.74, 6) is 0.0757. The van der Waals surface area contributed by atoms with Crippen molar-refractivity contribution < 1.29 is 4.79 Å². The molecular weight excluding hydrogens is 328 g/mol. The van der Waals surface area contributed by atoms with E-state index in [1.54, 1.807) is 0 Å². The highest BCUT2D eigenvalue weighted by Crippen LogP contribution is 2.43. The Bertz CT molecular complexity index is 526. The number of piperidine rings is 1. The van der Waals surface area contributed by atoms with Crippen molar-refractivity contribution >= 4 is 21.8 Å². The molecule has 3 nitrogen and oxygen atoms in total. The monoisotopic (exact) mass is 348 g/mol. The number of fused-ring (bicyclic) bond motifs is 2. The first-order valence-corrected chi connectivity index (χ1v) is 8.84. The van der Waals surface area contributed by atoms with Crippen LogP contribution in [0.1, 0.15) is 48.9 Å². The van der Waals surface area contributed by atoms with E-state index < -0.39 is 0 Å². The standard InChI is InChI=1S/C17H21BrN2O/c18-12-3-1-11(2-4-12)17(21)19-13-9-15-7-8-16(10-13)20(15)14-5-6-14/h1-4,13-16H,5-10H2,(H,19,21). The summed E-state index contributed by atoms with van der Waals surface area (Å²) in [4.78, 5) is 15.1. The number of hydrogen-bond acceptors (Lipinski definition) is 2. The van der Waals surface area contributed by atoms with E-state index in [9.17, 15) is 4.79 Å². The smallest absolute Gasteiger partial charge is 0.251 e. The second-order valence-electron chi connectivity index (χ2n) is 6.71. The molecule has 3 fully saturated rings. The number of carbonyl (C=O) groups excluding carboxylic acids is 1. The molecule has 2 aliphatic heterocycles. The van der Waals surface area contributed by atoms with E-state index in [2.05, 4.69) is 26.1 Å². The van der Waals surface area contributed by atoms with Gasteiger partial charge in [-0.25, -0.2) is 0 Å². The van der Waals surface area contributed by atoms with Gasteiger partial charge in [-0.1, -0.05) is 15.9 Å². The SMILES string of the molecule is O=C(NC1CC2CCC(C1)N2C1CC1)c1ccc(Br)cc1. The molecule has 2 atom stereocenters. The predicted molar refractivity (Wildman–Crippen MR) is 86.3 cm³/mol. The number of nitrogens with zero attached hydrogens (tertiary/aromatic N) is 1. The van der Waals surface area contributed by atoms with Gasteiger partial charge in [-0.05, 0) is 62.8 Å². The molecule has 3 aliphatic rings. The summed E-state index contributed by atoms with van der Waals surface area (Å²) < 4.78 is 1.01. The van der Waals surface area contributed by atoms with Crippen LogP contribution >= 0.6 is 15.9 Å². The number of rotatable bonds is 3. The maximum Gasteiger partial charge on any atom is 0.251 e. The van der Waals surface area contributed by atoms with Crippen molar-refractivity contribution in [3.8, 4) is 0 Å². The molecular formula is C17H21BrN2O. The first-order chi connectivity index (χ1) is 10.2. The third-order valence-corrected chi connectivity index (χ3v) is 5.73. The van der Waals surface area contributed by atoms with E-state index in [0.29, 0.717) is 18.1 Å². The van der Waals surface area contributed by atoms with Gasteiger partial charge in [0, 0.05) is 34.2 Å². The maximum atomic E-state index is 12.3. The van der Waals surface area contributed by atoms with Crippen LogP contribution in [0.4, 0.5) is 0 Å². The average molecular weight is 349 g/mol. The lowest BCUT2D eigenvalue weighted by atomic mass is 9.96. The Kier molecular flexibility index (Phi) is 3.54. The normalized spacial score (nSPS) is 32.1. The van der Waals surface area contributed by atoms with E-state index in [-0.39, 0.29) is 5.91 Å². The quantitative estimate of drug-likeness (QED) is 0.908. The van der Waals surface area contributed by atoms with Gasteiger partial charge in [0.1, 0.15) is 0 Å². The Morgan fingerprint density at radius 3 is 2.14 bits per heavy atom. The van der Waals surface area contributed by atoms with Crippen LogP contribution in [-0.4, -0.2) is 35.0 Å². The third kappa shape index (κ3) is 2.76. The van der Waals surface area contributed by atoms with E-state index >= 15 is 0 Å². The number of halogens is 1. The van der Waals surface area contributed by atoms with Gasteiger partial charge in [-0.15, -0.1) is 0 Å². The largest absolute Gasteiger partial charge is 0.349 e. The molecule has 4 rings (SSSR count). The Morgan fingerprint density at radius 1 is 1.00 bits per heavy atom. The molecule has 2 saturated heterocycles. The molecule has 4 heteroatoms. The van der Waals surface area contributed by atoms with Crippen LogP contribution < -0.4 is 5.32 Å². The summed E-state index contributed by atoms with van der Waals surface area (Å²) in [7, 11) is 0. The highest BCUT2D eigenvalue weighted by Gasteiger charge is 2.47. The van der Waals surface area contributed by atoms with Crippen LogP contribution in [-0.2, 0) is 0 Å². The van der Waals surface area contributed by atoms with Crippen LogP contribution in [0.15, 0.2) is 28.7 Å². The van der Waals surface area contributed by atoms with Crippen LogP contribution in [0.2, 0.25) is 0 Å². The molecule has 2 bridgehead atoms. The Balaban J connectivity index is 1.40. The summed E-state index contributed by atoms with van der Waals surface area (Å²) in [5, 5.41) is 3.25. The molecule has 1 aromatic rings. The first kappa shape index (κ1) is 13.8. The van der Waals surface area contributed by atoms with Crippen molar-refractivity contribution in [1.82, 2.24) is 10.2 Å². The van der Waals surface area contributed by atoms with Gasteiger partial charge in [-0.2, -0.15) is 0 Å². The van der Waals surface area contributed by atoms with E-state index in [1.807, 2.05) is 24.3 Å². The molecule has 2 heterocycles. The molecule has 21 heavy (non-hydrogen) atoms. The van der Waals surface area contributed by atoms with Crippen molar-refractivity contribution in [2.75, 3.05) is 0 Å². The van der Waals surface area contributed by atoms with Gasteiger partial charge < -0.3 is 5.32 Å². The summed E-state index contributed by atoms with van der Waals surface area (Å²) >= 11 is 3.41. The lowest BCUT2D eigenvalue weighted by Gasteiger charge is -2.39. The minimum atomic E-state index is 0.0757. The van der Waals surface area contributed by atoms with Gasteiger partial charge in [0.25, 0.3) is 5.91 Å². The molecule has 0 aromatic heterocycles. The van der Waals surface area contributed by atoms with Gasteiger partial charge in [0.05, 0.1) is 0 Å². The molecule has 2 unspecified atom stereocenters. The molecule has 1 N–H and O–H groups in total. The molecule has 0 spiro atoms. The number of nitrogens with one attached hydrogen (secondary N) is 1. The van der Waals surface area contributed by atoms with E-state index in [0.717, 1.165) is 28.9 Å². The number of benzene rings is 1. The fourth-order valence-electron chi connectivity index (χ4n) is 4.17. The van der Waals surface area contributed by atoms with Gasteiger partial charge >= 0.3 is 0 Å². The minimum absolute atomic E-state index is 0.0757. The fraction of sp³-hybridized carbons (Fsp3) is 0.588. The van der Waals surface area contributed by atoms with Gasteiger partial charge in [-0.3, -0.25) is 9.69 Å². The zero-order valence-corrected chi connectivity index (χ0v) is 13.7. The third-order valence-electron chi connectivity index (χ3n) is 5.20. The van der Waals surface area contributed by atoms with Crippen molar-refractivity contribution in [2.45, 2.75) is 62.7 Å². The first-order valence-electron chi connectivity index (χ1n) is 8.04. The Hall–Kier alpha value is -0.870. The highest BCUT2D eigenvalue weighted by atomic mass is 79.9. The average Bonchev–Trinajstić information content (AvgIpc) is 3.27.